The maximum Gasteiger partial charge on any atom is 0.279 e. The van der Waals surface area contributed by atoms with E-state index in [4.69, 9.17) is 8.94 Å². The Morgan fingerprint density at radius 3 is 2.74 bits per heavy atom. The molecule has 0 aliphatic carbocycles. The summed E-state index contributed by atoms with van der Waals surface area (Å²) >= 11 is 2.42. The van der Waals surface area contributed by atoms with Crippen molar-refractivity contribution >= 4 is 40.0 Å². The molecule has 0 saturated carbocycles. The summed E-state index contributed by atoms with van der Waals surface area (Å²) in [6.07, 6.45) is 1.50. The van der Waals surface area contributed by atoms with E-state index in [0.717, 1.165) is 5.56 Å². The van der Waals surface area contributed by atoms with Gasteiger partial charge in [0.05, 0.1) is 12.0 Å². The Morgan fingerprint density at radius 2 is 1.97 bits per heavy atom. The summed E-state index contributed by atoms with van der Waals surface area (Å²) in [5, 5.41) is 17.4. The molecular formula is C20H17N5O4S2. The third-order valence-corrected chi connectivity index (χ3v) is 6.04. The van der Waals surface area contributed by atoms with Crippen LogP contribution in [0.2, 0.25) is 0 Å². The Labute approximate surface area is 185 Å². The highest BCUT2D eigenvalue weighted by Crippen LogP contribution is 2.26. The van der Waals surface area contributed by atoms with Crippen molar-refractivity contribution in [2.45, 2.75) is 17.8 Å². The summed E-state index contributed by atoms with van der Waals surface area (Å²) in [7, 11) is 0. The van der Waals surface area contributed by atoms with Gasteiger partial charge in [0, 0.05) is 12.6 Å². The highest BCUT2D eigenvalue weighted by atomic mass is 32.2. The van der Waals surface area contributed by atoms with Gasteiger partial charge < -0.3 is 14.3 Å². The number of aryl methyl sites for hydroxylation is 1. The third kappa shape index (κ3) is 5.58. The minimum atomic E-state index is -0.481. The first-order chi connectivity index (χ1) is 15.1. The molecule has 9 nitrogen and oxygen atoms in total. The van der Waals surface area contributed by atoms with Crippen LogP contribution in [0.4, 0.5) is 5.13 Å². The number of anilines is 1. The molecule has 0 unspecified atom stereocenters. The topological polar surface area (TPSA) is 123 Å². The molecule has 158 valence electrons. The Bertz CT molecular complexity index is 1170. The minimum absolute atomic E-state index is 0.0892. The van der Waals surface area contributed by atoms with Gasteiger partial charge in [0.15, 0.2) is 15.8 Å². The number of rotatable bonds is 8. The number of carbonyl (C=O) groups is 2. The zero-order valence-electron chi connectivity index (χ0n) is 16.3. The first kappa shape index (κ1) is 20.8. The van der Waals surface area contributed by atoms with E-state index in [9.17, 15) is 9.59 Å². The normalized spacial score (nSPS) is 10.7. The molecule has 4 aromatic rings. The van der Waals surface area contributed by atoms with Crippen molar-refractivity contribution in [1.29, 1.82) is 0 Å². The van der Waals surface area contributed by atoms with E-state index in [0.29, 0.717) is 27.5 Å². The second-order valence-corrected chi connectivity index (χ2v) is 8.63. The average Bonchev–Trinajstić information content (AvgIpc) is 3.53. The van der Waals surface area contributed by atoms with Gasteiger partial charge in [-0.05, 0) is 24.6 Å². The van der Waals surface area contributed by atoms with Gasteiger partial charge in [0.1, 0.15) is 0 Å². The van der Waals surface area contributed by atoms with E-state index in [2.05, 4.69) is 26.0 Å². The Balaban J connectivity index is 1.25. The molecule has 2 amide bonds. The molecule has 3 aromatic heterocycles. The van der Waals surface area contributed by atoms with E-state index in [1.165, 1.54) is 41.0 Å². The maximum atomic E-state index is 12.3. The van der Waals surface area contributed by atoms with Crippen LogP contribution in [-0.4, -0.2) is 32.9 Å². The second kappa shape index (κ2) is 9.58. The van der Waals surface area contributed by atoms with Crippen molar-refractivity contribution in [3.63, 3.8) is 0 Å². The van der Waals surface area contributed by atoms with Crippen LogP contribution in [0, 0.1) is 6.92 Å². The smallest absolute Gasteiger partial charge is 0.279 e. The first-order valence-electron chi connectivity index (χ1n) is 9.17. The summed E-state index contributed by atoms with van der Waals surface area (Å²) in [5.74, 6) is 0.427. The highest BCUT2D eigenvalue weighted by molar-refractivity contribution is 8.01. The van der Waals surface area contributed by atoms with Gasteiger partial charge in [-0.2, -0.15) is 0 Å². The summed E-state index contributed by atoms with van der Waals surface area (Å²) in [4.78, 5) is 24.4. The fourth-order valence-corrected chi connectivity index (χ4v) is 4.06. The van der Waals surface area contributed by atoms with Crippen LogP contribution < -0.4 is 10.6 Å². The van der Waals surface area contributed by atoms with Crippen molar-refractivity contribution in [2.24, 2.45) is 0 Å². The fraction of sp³-hybridized carbons (Fsp3) is 0.150. The number of nitrogens with one attached hydrogen (secondary N) is 2. The van der Waals surface area contributed by atoms with E-state index in [-0.39, 0.29) is 17.4 Å². The van der Waals surface area contributed by atoms with Gasteiger partial charge in [-0.3, -0.25) is 14.9 Å². The number of amides is 2. The van der Waals surface area contributed by atoms with Gasteiger partial charge in [-0.15, -0.1) is 10.2 Å². The number of thioether (sulfide) groups is 1. The van der Waals surface area contributed by atoms with E-state index < -0.39 is 5.91 Å². The Morgan fingerprint density at radius 1 is 1.13 bits per heavy atom. The highest BCUT2D eigenvalue weighted by Gasteiger charge is 2.17. The monoisotopic (exact) mass is 455 g/mol. The molecule has 0 spiro atoms. The molecule has 0 radical (unpaired) electrons. The molecule has 0 saturated heterocycles. The minimum Gasteiger partial charge on any atom is -0.461 e. The molecule has 4 rings (SSSR count). The Kier molecular flexibility index (Phi) is 6.43. The van der Waals surface area contributed by atoms with E-state index >= 15 is 0 Å². The van der Waals surface area contributed by atoms with Crippen LogP contribution in [-0.2, 0) is 11.3 Å². The predicted octanol–water partition coefficient (Wildman–Crippen LogP) is 3.76. The lowest BCUT2D eigenvalue weighted by Crippen LogP contribution is -2.24. The van der Waals surface area contributed by atoms with Crippen LogP contribution in [0.5, 0.6) is 0 Å². The lowest BCUT2D eigenvalue weighted by molar-refractivity contribution is -0.118. The summed E-state index contributed by atoms with van der Waals surface area (Å²) in [6, 6.07) is 12.9. The van der Waals surface area contributed by atoms with Crippen LogP contribution in [0.1, 0.15) is 21.6 Å². The average molecular weight is 456 g/mol. The number of furan rings is 1. The van der Waals surface area contributed by atoms with Crippen LogP contribution in [0.25, 0.3) is 11.5 Å². The van der Waals surface area contributed by atoms with Gasteiger partial charge >= 0.3 is 0 Å². The number of benzene rings is 1. The van der Waals surface area contributed by atoms with Crippen molar-refractivity contribution in [2.75, 3.05) is 11.1 Å². The SMILES string of the molecule is Cc1ccc(CNC(=O)CSc2nnc(NC(=O)c3cc(-c4ccco4)on3)s2)cc1. The zero-order valence-corrected chi connectivity index (χ0v) is 18.0. The van der Waals surface area contributed by atoms with E-state index in [1.807, 2.05) is 31.2 Å². The number of nitrogens with zero attached hydrogens (tertiary/aromatic N) is 3. The first-order valence-corrected chi connectivity index (χ1v) is 11.0. The van der Waals surface area contributed by atoms with Crippen LogP contribution in [0.3, 0.4) is 0 Å². The van der Waals surface area contributed by atoms with E-state index in [1.54, 1.807) is 12.1 Å². The summed E-state index contributed by atoms with van der Waals surface area (Å²) < 4.78 is 10.9. The number of carbonyl (C=O) groups excluding carboxylic acids is 2. The molecule has 0 aliphatic rings. The Hall–Kier alpha value is -3.44. The molecule has 0 bridgehead atoms. The standard InChI is InChI=1S/C20H17N5O4S2/c1-12-4-6-13(7-5-12)10-21-17(26)11-30-20-24-23-19(31-20)22-18(27)14-9-16(29-25-14)15-3-2-8-28-15/h2-9H,10-11H2,1H3,(H,21,26)(H,22,23,27). The van der Waals surface area contributed by atoms with Gasteiger partial charge in [-0.1, -0.05) is 58.1 Å². The van der Waals surface area contributed by atoms with Crippen molar-refractivity contribution < 1.29 is 18.5 Å². The van der Waals surface area contributed by atoms with Crippen molar-refractivity contribution in [3.8, 4) is 11.5 Å². The fourth-order valence-electron chi connectivity index (χ4n) is 2.48. The zero-order chi connectivity index (χ0) is 21.6. The molecule has 0 aliphatic heterocycles. The molecule has 3 heterocycles. The molecule has 11 heteroatoms. The van der Waals surface area contributed by atoms with Gasteiger partial charge in [0.25, 0.3) is 5.91 Å². The van der Waals surface area contributed by atoms with Crippen molar-refractivity contribution in [3.05, 3.63) is 65.5 Å². The largest absolute Gasteiger partial charge is 0.461 e. The van der Waals surface area contributed by atoms with Crippen LogP contribution >= 0.6 is 23.1 Å². The molecule has 0 fully saturated rings. The summed E-state index contributed by atoms with van der Waals surface area (Å²) in [5.41, 5.74) is 2.30. The predicted molar refractivity (Wildman–Crippen MR) is 116 cm³/mol. The molecular weight excluding hydrogens is 438 g/mol. The lowest BCUT2D eigenvalue weighted by atomic mass is 10.1. The van der Waals surface area contributed by atoms with Gasteiger partial charge in [-0.25, -0.2) is 0 Å². The molecule has 0 atom stereocenters. The lowest BCUT2D eigenvalue weighted by Gasteiger charge is -2.04. The molecule has 1 aromatic carbocycles. The molecule has 31 heavy (non-hydrogen) atoms. The number of hydrogen-bond donors (Lipinski definition) is 2. The van der Waals surface area contributed by atoms with Crippen LogP contribution in [0.15, 0.2) is 62.0 Å². The quantitative estimate of drug-likeness (QED) is 0.304. The number of hydrogen-bond acceptors (Lipinski definition) is 9. The summed E-state index contributed by atoms with van der Waals surface area (Å²) in [6.45, 7) is 2.48. The number of aromatic nitrogens is 3. The van der Waals surface area contributed by atoms with Gasteiger partial charge in [0.2, 0.25) is 16.8 Å². The third-order valence-electron chi connectivity index (χ3n) is 4.07. The maximum absolute atomic E-state index is 12.3. The van der Waals surface area contributed by atoms with Crippen molar-refractivity contribution in [1.82, 2.24) is 20.7 Å². The second-order valence-electron chi connectivity index (χ2n) is 6.43. The molecule has 2 N–H and O–H groups in total.